The van der Waals surface area contributed by atoms with Gasteiger partial charge in [0.05, 0.1) is 0 Å². The summed E-state index contributed by atoms with van der Waals surface area (Å²) in [4.78, 5) is 9.36. The molecule has 0 amide bonds. The second kappa shape index (κ2) is 3.96. The van der Waals surface area contributed by atoms with Gasteiger partial charge in [0.25, 0.3) is 0 Å². The number of aromatic nitrogens is 1. The quantitative estimate of drug-likeness (QED) is 0.605. The van der Waals surface area contributed by atoms with Gasteiger partial charge in [0, 0.05) is 5.38 Å². The molecule has 1 aromatic heterocycles. The summed E-state index contributed by atoms with van der Waals surface area (Å²) in [5.41, 5.74) is 6.75. The van der Waals surface area contributed by atoms with Gasteiger partial charge in [-0.15, -0.1) is 11.3 Å². The van der Waals surface area contributed by atoms with Crippen LogP contribution in [0.5, 0.6) is 0 Å². The van der Waals surface area contributed by atoms with E-state index < -0.39 is 0 Å². The Balaban J connectivity index is 2.70. The Morgan fingerprint density at radius 2 is 2.21 bits per heavy atom. The molecule has 0 radical (unpaired) electrons. The lowest BCUT2D eigenvalue weighted by atomic mass is 10.2. The van der Waals surface area contributed by atoms with E-state index in [-0.39, 0.29) is 5.60 Å². The molecule has 0 spiro atoms. The zero-order valence-corrected chi connectivity index (χ0v) is 9.68. The van der Waals surface area contributed by atoms with Crippen LogP contribution in [0, 0.1) is 0 Å². The minimum absolute atomic E-state index is 0.275. The maximum absolute atomic E-state index is 5.51. The summed E-state index contributed by atoms with van der Waals surface area (Å²) in [6, 6.07) is 0. The number of hydrogen-bond donors (Lipinski definition) is 1. The molecule has 2 N–H and O–H groups in total. The number of rotatable bonds is 2. The van der Waals surface area contributed by atoms with Crippen LogP contribution in [0.1, 0.15) is 33.4 Å². The third-order valence-electron chi connectivity index (χ3n) is 1.35. The molecule has 0 aliphatic carbocycles. The minimum atomic E-state index is -0.275. The molecule has 1 heterocycles. The van der Waals surface area contributed by atoms with Crippen molar-refractivity contribution in [2.75, 3.05) is 5.73 Å². The zero-order valence-electron chi connectivity index (χ0n) is 8.87. The molecule has 0 saturated carbocycles. The first-order valence-electron chi connectivity index (χ1n) is 4.32. The monoisotopic (exact) mass is 213 g/mol. The van der Waals surface area contributed by atoms with Gasteiger partial charge in [0.15, 0.2) is 5.13 Å². The van der Waals surface area contributed by atoms with Crippen LogP contribution in [0.3, 0.4) is 0 Å². The van der Waals surface area contributed by atoms with Crippen molar-refractivity contribution in [2.45, 2.75) is 33.3 Å². The van der Waals surface area contributed by atoms with E-state index >= 15 is 0 Å². The van der Waals surface area contributed by atoms with E-state index in [1.54, 1.807) is 0 Å². The van der Waals surface area contributed by atoms with Crippen LogP contribution in [0.4, 0.5) is 5.13 Å². The Labute approximate surface area is 87.8 Å². The lowest BCUT2D eigenvalue weighted by Gasteiger charge is -2.15. The van der Waals surface area contributed by atoms with E-state index in [1.165, 1.54) is 11.3 Å². The highest BCUT2D eigenvalue weighted by Crippen LogP contribution is 2.13. The van der Waals surface area contributed by atoms with Crippen LogP contribution >= 0.6 is 11.3 Å². The Morgan fingerprint density at radius 3 is 2.64 bits per heavy atom. The van der Waals surface area contributed by atoms with E-state index in [0.717, 1.165) is 11.4 Å². The standard InChI is InChI=1S/C9H15N3OS/c1-6(12-13-9(2,3)4)7-5-14-8(10)11-7/h5H,1-4H3,(H2,10,11)/b12-6+. The molecule has 0 unspecified atom stereocenters. The predicted molar refractivity (Wildman–Crippen MR) is 59.6 cm³/mol. The molecule has 0 fully saturated rings. The van der Waals surface area contributed by atoms with E-state index in [9.17, 15) is 0 Å². The van der Waals surface area contributed by atoms with Crippen molar-refractivity contribution in [1.29, 1.82) is 0 Å². The SMILES string of the molecule is C/C(=N\OC(C)(C)C)c1csc(N)n1. The number of anilines is 1. The van der Waals surface area contributed by atoms with Crippen LogP contribution in [0.15, 0.2) is 10.5 Å². The van der Waals surface area contributed by atoms with Gasteiger partial charge >= 0.3 is 0 Å². The average Bonchev–Trinajstić information content (AvgIpc) is 2.46. The molecule has 5 heteroatoms. The molecule has 1 rings (SSSR count). The Kier molecular flexibility index (Phi) is 3.10. The Hall–Kier alpha value is -1.10. The topological polar surface area (TPSA) is 60.5 Å². The van der Waals surface area contributed by atoms with Gasteiger partial charge in [0.2, 0.25) is 0 Å². The lowest BCUT2D eigenvalue weighted by molar-refractivity contribution is 0.000927. The smallest absolute Gasteiger partial charge is 0.180 e. The molecule has 1 aromatic rings. The number of thiazole rings is 1. The van der Waals surface area contributed by atoms with Gasteiger partial charge in [-0.3, -0.25) is 0 Å². The van der Waals surface area contributed by atoms with Crippen molar-refractivity contribution in [3.05, 3.63) is 11.1 Å². The second-order valence-corrected chi connectivity index (χ2v) is 4.84. The molecule has 14 heavy (non-hydrogen) atoms. The van der Waals surface area contributed by atoms with Gasteiger partial charge in [-0.2, -0.15) is 0 Å². The fourth-order valence-corrected chi connectivity index (χ4v) is 1.31. The highest BCUT2D eigenvalue weighted by Gasteiger charge is 2.11. The molecule has 4 nitrogen and oxygen atoms in total. The first kappa shape index (κ1) is 11.0. The van der Waals surface area contributed by atoms with Crippen LogP contribution in [0.25, 0.3) is 0 Å². The van der Waals surface area contributed by atoms with Gasteiger partial charge in [-0.05, 0) is 27.7 Å². The third-order valence-corrected chi connectivity index (χ3v) is 2.02. The molecule has 0 atom stereocenters. The molecule has 0 aromatic carbocycles. The highest BCUT2D eigenvalue weighted by molar-refractivity contribution is 7.13. The molecular formula is C9H15N3OS. The van der Waals surface area contributed by atoms with Crippen molar-refractivity contribution in [2.24, 2.45) is 5.16 Å². The summed E-state index contributed by atoms with van der Waals surface area (Å²) < 4.78 is 0. The van der Waals surface area contributed by atoms with Crippen LogP contribution in [-0.4, -0.2) is 16.3 Å². The van der Waals surface area contributed by atoms with Gasteiger partial charge in [-0.25, -0.2) is 4.98 Å². The third kappa shape index (κ3) is 3.33. The van der Waals surface area contributed by atoms with Crippen molar-refractivity contribution in [1.82, 2.24) is 4.98 Å². The number of nitrogen functional groups attached to an aromatic ring is 1. The normalized spacial score (nSPS) is 13.0. The van der Waals surface area contributed by atoms with Crippen LogP contribution in [0.2, 0.25) is 0 Å². The molecule has 0 saturated heterocycles. The van der Waals surface area contributed by atoms with Crippen LogP contribution < -0.4 is 5.73 Å². The second-order valence-electron chi connectivity index (χ2n) is 3.95. The number of hydrogen-bond acceptors (Lipinski definition) is 5. The summed E-state index contributed by atoms with van der Waals surface area (Å²) in [5.74, 6) is 0. The fourth-order valence-electron chi connectivity index (χ4n) is 0.706. The van der Waals surface area contributed by atoms with Crippen molar-refractivity contribution in [3.8, 4) is 0 Å². The van der Waals surface area contributed by atoms with E-state index in [4.69, 9.17) is 10.6 Å². The first-order valence-corrected chi connectivity index (χ1v) is 5.20. The number of oxime groups is 1. The van der Waals surface area contributed by atoms with Crippen molar-refractivity contribution >= 4 is 22.2 Å². The van der Waals surface area contributed by atoms with E-state index in [0.29, 0.717) is 5.13 Å². The summed E-state index contributed by atoms with van der Waals surface area (Å²) in [5, 5.41) is 6.39. The Morgan fingerprint density at radius 1 is 1.57 bits per heavy atom. The number of nitrogens with two attached hydrogens (primary N) is 1. The predicted octanol–water partition coefficient (Wildman–Crippen LogP) is 2.26. The maximum Gasteiger partial charge on any atom is 0.180 e. The van der Waals surface area contributed by atoms with Crippen molar-refractivity contribution in [3.63, 3.8) is 0 Å². The molecule has 0 aliphatic heterocycles. The number of nitrogens with zero attached hydrogens (tertiary/aromatic N) is 2. The lowest BCUT2D eigenvalue weighted by Crippen LogP contribution is -2.16. The highest BCUT2D eigenvalue weighted by atomic mass is 32.1. The van der Waals surface area contributed by atoms with Crippen LogP contribution in [-0.2, 0) is 4.84 Å². The minimum Gasteiger partial charge on any atom is -0.390 e. The summed E-state index contributed by atoms with van der Waals surface area (Å²) in [6.45, 7) is 7.68. The molecule has 0 bridgehead atoms. The van der Waals surface area contributed by atoms with Gasteiger partial charge in [-0.1, -0.05) is 5.16 Å². The first-order chi connectivity index (χ1) is 6.38. The van der Waals surface area contributed by atoms with Gasteiger partial charge < -0.3 is 10.6 Å². The molecule has 78 valence electrons. The molecule has 0 aliphatic rings. The zero-order chi connectivity index (χ0) is 10.8. The fraction of sp³-hybridized carbons (Fsp3) is 0.556. The average molecular weight is 213 g/mol. The van der Waals surface area contributed by atoms with E-state index in [1.807, 2.05) is 33.1 Å². The summed E-state index contributed by atoms with van der Waals surface area (Å²) in [7, 11) is 0. The summed E-state index contributed by atoms with van der Waals surface area (Å²) >= 11 is 1.40. The maximum atomic E-state index is 5.51. The largest absolute Gasteiger partial charge is 0.390 e. The van der Waals surface area contributed by atoms with Gasteiger partial charge in [0.1, 0.15) is 17.0 Å². The summed E-state index contributed by atoms with van der Waals surface area (Å²) in [6.07, 6.45) is 0. The Bertz CT molecular complexity index is 338. The van der Waals surface area contributed by atoms with Crippen molar-refractivity contribution < 1.29 is 4.84 Å². The molecular weight excluding hydrogens is 198 g/mol. The van der Waals surface area contributed by atoms with E-state index in [2.05, 4.69) is 10.1 Å².